The molecule has 0 aliphatic carbocycles. The van der Waals surface area contributed by atoms with Crippen molar-refractivity contribution in [1.29, 1.82) is 0 Å². The highest BCUT2D eigenvalue weighted by Crippen LogP contribution is 2.20. The molecule has 1 aliphatic rings. The van der Waals surface area contributed by atoms with Crippen LogP contribution in [0.3, 0.4) is 0 Å². The van der Waals surface area contributed by atoms with E-state index in [4.69, 9.17) is 9.26 Å². The molecule has 0 radical (unpaired) electrons. The van der Waals surface area contributed by atoms with Crippen LogP contribution in [0, 0.1) is 26.7 Å². The Kier molecular flexibility index (Phi) is 4.99. The van der Waals surface area contributed by atoms with Crippen molar-refractivity contribution >= 4 is 5.91 Å². The Hall–Kier alpha value is -2.15. The number of aromatic amines is 1. The van der Waals surface area contributed by atoms with E-state index in [-0.39, 0.29) is 17.9 Å². The van der Waals surface area contributed by atoms with E-state index < -0.39 is 0 Å². The number of H-pyrrole nitrogens is 1. The molecule has 0 saturated carbocycles. The first-order valence-corrected chi connectivity index (χ1v) is 8.32. The molecule has 2 N–H and O–H groups in total. The summed E-state index contributed by atoms with van der Waals surface area (Å²) >= 11 is 0. The third-order valence-corrected chi connectivity index (χ3v) is 4.63. The quantitative estimate of drug-likeness (QED) is 0.838. The van der Waals surface area contributed by atoms with Gasteiger partial charge in [0, 0.05) is 36.9 Å². The fourth-order valence-electron chi connectivity index (χ4n) is 3.02. The van der Waals surface area contributed by atoms with Gasteiger partial charge in [0.25, 0.3) is 0 Å². The highest BCUT2D eigenvalue weighted by atomic mass is 16.5. The van der Waals surface area contributed by atoms with E-state index in [0.29, 0.717) is 26.1 Å². The molecule has 1 aliphatic heterocycles. The summed E-state index contributed by atoms with van der Waals surface area (Å²) in [6, 6.07) is 1.95. The number of amides is 1. The largest absolute Gasteiger partial charge is 0.379 e. The van der Waals surface area contributed by atoms with Crippen molar-refractivity contribution in [3.8, 4) is 0 Å². The molecule has 1 amide bonds. The van der Waals surface area contributed by atoms with Gasteiger partial charge in [-0.15, -0.1) is 0 Å². The third kappa shape index (κ3) is 3.84. The van der Waals surface area contributed by atoms with Crippen molar-refractivity contribution in [1.82, 2.24) is 20.7 Å². The highest BCUT2D eigenvalue weighted by Gasteiger charge is 2.30. The van der Waals surface area contributed by atoms with Gasteiger partial charge in [-0.3, -0.25) is 9.89 Å². The van der Waals surface area contributed by atoms with Crippen molar-refractivity contribution < 1.29 is 14.1 Å². The van der Waals surface area contributed by atoms with Gasteiger partial charge in [0.2, 0.25) is 5.91 Å². The molecule has 0 bridgehead atoms. The van der Waals surface area contributed by atoms with E-state index in [1.165, 1.54) is 0 Å². The Labute approximate surface area is 141 Å². The smallest absolute Gasteiger partial charge is 0.220 e. The lowest BCUT2D eigenvalue weighted by Crippen LogP contribution is -2.40. The molecule has 3 rings (SSSR count). The predicted octanol–water partition coefficient (Wildman–Crippen LogP) is 1.63. The summed E-state index contributed by atoms with van der Waals surface area (Å²) in [6.07, 6.45) is 1.79. The van der Waals surface area contributed by atoms with E-state index >= 15 is 0 Å². The number of ether oxygens (including phenoxy) is 1. The van der Waals surface area contributed by atoms with Gasteiger partial charge in [0.05, 0.1) is 30.6 Å². The first kappa shape index (κ1) is 16.7. The summed E-state index contributed by atoms with van der Waals surface area (Å²) in [4.78, 5) is 12.3. The number of hydrogen-bond donors (Lipinski definition) is 2. The Bertz CT molecular complexity index is 707. The van der Waals surface area contributed by atoms with E-state index in [1.54, 1.807) is 0 Å². The molecule has 3 heterocycles. The Morgan fingerprint density at radius 2 is 2.21 bits per heavy atom. The molecule has 1 fully saturated rings. The van der Waals surface area contributed by atoms with Crippen LogP contribution >= 0.6 is 0 Å². The molecule has 2 aromatic heterocycles. The normalized spacial score (nSPS) is 20.5. The summed E-state index contributed by atoms with van der Waals surface area (Å²) in [6.45, 7) is 7.08. The van der Waals surface area contributed by atoms with E-state index in [1.807, 2.05) is 26.8 Å². The third-order valence-electron chi connectivity index (χ3n) is 4.63. The second-order valence-corrected chi connectivity index (χ2v) is 6.53. The van der Waals surface area contributed by atoms with Gasteiger partial charge in [0.15, 0.2) is 0 Å². The molecule has 2 aromatic rings. The van der Waals surface area contributed by atoms with Crippen LogP contribution in [-0.2, 0) is 22.4 Å². The molecule has 7 nitrogen and oxygen atoms in total. The molecule has 130 valence electrons. The molecular weight excluding hydrogens is 308 g/mol. The zero-order chi connectivity index (χ0) is 17.1. The maximum atomic E-state index is 12.3. The predicted molar refractivity (Wildman–Crippen MR) is 87.6 cm³/mol. The van der Waals surface area contributed by atoms with Gasteiger partial charge in [-0.25, -0.2) is 0 Å². The van der Waals surface area contributed by atoms with Gasteiger partial charge in [0.1, 0.15) is 5.76 Å². The average Bonchev–Trinajstić information content (AvgIpc) is 3.23. The highest BCUT2D eigenvalue weighted by molar-refractivity contribution is 5.76. The number of aryl methyl sites for hydroxylation is 3. The van der Waals surface area contributed by atoms with Crippen LogP contribution in [0.15, 0.2) is 10.6 Å². The number of aromatic nitrogens is 3. The van der Waals surface area contributed by atoms with Crippen molar-refractivity contribution in [2.24, 2.45) is 5.92 Å². The van der Waals surface area contributed by atoms with Crippen LogP contribution in [0.25, 0.3) is 0 Å². The Balaban J connectivity index is 1.50. The molecule has 0 spiro atoms. The molecule has 0 unspecified atom stereocenters. The number of nitrogens with one attached hydrogen (secondary N) is 2. The fourth-order valence-corrected chi connectivity index (χ4v) is 3.02. The minimum absolute atomic E-state index is 0.0184. The fraction of sp³-hybridized carbons (Fsp3) is 0.588. The lowest BCUT2D eigenvalue weighted by Gasteiger charge is -2.18. The molecular formula is C17H24N4O3. The molecule has 0 aromatic carbocycles. The number of carbonyl (C=O) groups excluding carboxylic acids is 1. The van der Waals surface area contributed by atoms with Crippen molar-refractivity contribution in [2.75, 3.05) is 13.2 Å². The van der Waals surface area contributed by atoms with E-state index in [0.717, 1.165) is 34.8 Å². The minimum atomic E-state index is 0.0184. The first-order chi connectivity index (χ1) is 11.5. The zero-order valence-electron chi connectivity index (χ0n) is 14.4. The molecule has 7 heteroatoms. The molecule has 24 heavy (non-hydrogen) atoms. The second-order valence-electron chi connectivity index (χ2n) is 6.53. The lowest BCUT2D eigenvalue weighted by atomic mass is 9.98. The van der Waals surface area contributed by atoms with Gasteiger partial charge >= 0.3 is 0 Å². The van der Waals surface area contributed by atoms with Crippen LogP contribution in [0.1, 0.15) is 34.8 Å². The summed E-state index contributed by atoms with van der Waals surface area (Å²) in [5, 5.41) is 14.2. The number of carbonyl (C=O) groups is 1. The van der Waals surface area contributed by atoms with Crippen molar-refractivity contribution in [2.45, 2.75) is 46.1 Å². The SMILES string of the molecule is Cc1cc(C[C@H]2COC[C@H]2NC(=O)CCc2n[nH]c(C)c2C)on1. The second kappa shape index (κ2) is 7.17. The number of nitrogens with zero attached hydrogens (tertiary/aromatic N) is 2. The Morgan fingerprint density at radius 3 is 2.88 bits per heavy atom. The maximum absolute atomic E-state index is 12.3. The lowest BCUT2D eigenvalue weighted by molar-refractivity contribution is -0.122. The minimum Gasteiger partial charge on any atom is -0.379 e. The van der Waals surface area contributed by atoms with Crippen LogP contribution < -0.4 is 5.32 Å². The maximum Gasteiger partial charge on any atom is 0.220 e. The van der Waals surface area contributed by atoms with Gasteiger partial charge < -0.3 is 14.6 Å². The van der Waals surface area contributed by atoms with Crippen molar-refractivity contribution in [3.63, 3.8) is 0 Å². The van der Waals surface area contributed by atoms with Gasteiger partial charge in [-0.1, -0.05) is 5.16 Å². The van der Waals surface area contributed by atoms with Crippen molar-refractivity contribution in [3.05, 3.63) is 34.5 Å². The standard InChI is InChI=1S/C17H24N4O3/c1-10-6-14(24-21-10)7-13-8-23-9-16(13)18-17(22)5-4-15-11(2)12(3)19-20-15/h6,13,16H,4-5,7-9H2,1-3H3,(H,18,22)(H,19,20)/t13-,16+/m0/s1. The summed E-state index contributed by atoms with van der Waals surface area (Å²) in [5.41, 5.74) is 4.01. The van der Waals surface area contributed by atoms with Gasteiger partial charge in [-0.2, -0.15) is 5.10 Å². The van der Waals surface area contributed by atoms with Crippen LogP contribution in [-0.4, -0.2) is 40.5 Å². The van der Waals surface area contributed by atoms with E-state index in [2.05, 4.69) is 20.7 Å². The van der Waals surface area contributed by atoms with Crippen LogP contribution in [0.5, 0.6) is 0 Å². The summed E-state index contributed by atoms with van der Waals surface area (Å²) in [7, 11) is 0. The zero-order valence-corrected chi connectivity index (χ0v) is 14.4. The topological polar surface area (TPSA) is 93.0 Å². The first-order valence-electron chi connectivity index (χ1n) is 8.32. The summed E-state index contributed by atoms with van der Waals surface area (Å²) < 4.78 is 10.8. The summed E-state index contributed by atoms with van der Waals surface area (Å²) in [5.74, 6) is 1.09. The molecule has 1 saturated heterocycles. The average molecular weight is 332 g/mol. The van der Waals surface area contributed by atoms with Crippen LogP contribution in [0.4, 0.5) is 0 Å². The number of rotatable bonds is 6. The van der Waals surface area contributed by atoms with Crippen LogP contribution in [0.2, 0.25) is 0 Å². The van der Waals surface area contributed by atoms with Gasteiger partial charge in [-0.05, 0) is 26.3 Å². The van der Waals surface area contributed by atoms with E-state index in [9.17, 15) is 4.79 Å². The molecule has 2 atom stereocenters. The Morgan fingerprint density at radius 1 is 1.38 bits per heavy atom. The number of hydrogen-bond acceptors (Lipinski definition) is 5. The monoisotopic (exact) mass is 332 g/mol.